The second-order valence-electron chi connectivity index (χ2n) is 7.80. The predicted molar refractivity (Wildman–Crippen MR) is 103 cm³/mol. The van der Waals surface area contributed by atoms with Crippen LogP contribution in [0.1, 0.15) is 23.7 Å². The van der Waals surface area contributed by atoms with Crippen molar-refractivity contribution >= 4 is 21.6 Å². The van der Waals surface area contributed by atoms with Crippen LogP contribution in [-0.4, -0.2) is 75.6 Å². The monoisotopic (exact) mass is 502 g/mol. The van der Waals surface area contributed by atoms with Gasteiger partial charge in [-0.2, -0.15) is 26.3 Å². The van der Waals surface area contributed by atoms with Gasteiger partial charge in [-0.3, -0.25) is 9.79 Å². The number of rotatable bonds is 5. The summed E-state index contributed by atoms with van der Waals surface area (Å²) in [6, 6.07) is 2.92. The molecule has 1 saturated heterocycles. The molecule has 1 fully saturated rings. The first-order chi connectivity index (χ1) is 15.1. The van der Waals surface area contributed by atoms with Crippen molar-refractivity contribution in [3.05, 3.63) is 23.8 Å². The number of nitrogens with zero attached hydrogens (tertiary/aromatic N) is 2. The summed E-state index contributed by atoms with van der Waals surface area (Å²) in [5.74, 6) is -2.05. The fourth-order valence-corrected chi connectivity index (χ4v) is 4.02. The van der Waals surface area contributed by atoms with Crippen LogP contribution in [0.4, 0.5) is 26.3 Å². The molecule has 0 aliphatic carbocycles. The number of alkyl halides is 6. The Morgan fingerprint density at radius 2 is 1.91 bits per heavy atom. The Morgan fingerprint density at radius 1 is 1.24 bits per heavy atom. The number of ether oxygens (including phenoxy) is 2. The Kier molecular flexibility index (Phi) is 6.61. The summed E-state index contributed by atoms with van der Waals surface area (Å²) in [6.07, 6.45) is -12.6. The van der Waals surface area contributed by atoms with Gasteiger partial charge in [0.25, 0.3) is 5.91 Å². The molecule has 0 saturated carbocycles. The average molecular weight is 502 g/mol. The van der Waals surface area contributed by atoms with Gasteiger partial charge in [0.1, 0.15) is 5.75 Å². The summed E-state index contributed by atoms with van der Waals surface area (Å²) in [6.45, 7) is 0.101. The molecule has 14 heteroatoms. The molecule has 2 aliphatic rings. The number of benzene rings is 1. The summed E-state index contributed by atoms with van der Waals surface area (Å²) in [7, 11) is -3.79. The number of likely N-dealkylation sites (tertiary alicyclic amines) is 1. The van der Waals surface area contributed by atoms with Gasteiger partial charge in [0.2, 0.25) is 6.10 Å². The quantitative estimate of drug-likeness (QED) is 0.578. The third-order valence-electron chi connectivity index (χ3n) is 5.24. The fraction of sp³-hybridized carbons (Fsp3) is 0.579. The second-order valence-corrected chi connectivity index (χ2v) is 9.81. The number of sulfone groups is 1. The van der Waals surface area contributed by atoms with Crippen LogP contribution in [0.2, 0.25) is 0 Å². The highest BCUT2D eigenvalue weighted by atomic mass is 32.2. The molecule has 3 rings (SSSR count). The van der Waals surface area contributed by atoms with E-state index in [4.69, 9.17) is 9.47 Å². The van der Waals surface area contributed by atoms with Crippen molar-refractivity contribution in [3.8, 4) is 5.75 Å². The second kappa shape index (κ2) is 8.69. The molecule has 1 aromatic rings. The minimum atomic E-state index is -4.73. The number of carbonyl (C=O) groups excluding carboxylic acids is 1. The SMILES string of the molecule is C[C@H](Oc1ccc(S(C)(=O)=O)cc1C(=O)N1CCC(C2=NCC(C(F)(F)F)O2)C1)C(F)(F)F. The van der Waals surface area contributed by atoms with E-state index >= 15 is 0 Å². The highest BCUT2D eigenvalue weighted by molar-refractivity contribution is 7.90. The molecule has 1 aromatic carbocycles. The first-order valence-corrected chi connectivity index (χ1v) is 11.6. The van der Waals surface area contributed by atoms with Crippen LogP contribution < -0.4 is 4.74 Å². The number of hydrogen-bond donors (Lipinski definition) is 0. The number of halogens is 6. The van der Waals surface area contributed by atoms with Gasteiger partial charge in [-0.1, -0.05) is 0 Å². The van der Waals surface area contributed by atoms with E-state index in [0.29, 0.717) is 0 Å². The lowest BCUT2D eigenvalue weighted by Crippen LogP contribution is -2.35. The van der Waals surface area contributed by atoms with E-state index < -0.39 is 64.1 Å². The van der Waals surface area contributed by atoms with E-state index in [1.54, 1.807) is 0 Å². The van der Waals surface area contributed by atoms with Gasteiger partial charge in [-0.05, 0) is 31.5 Å². The van der Waals surface area contributed by atoms with E-state index in [1.165, 1.54) is 4.90 Å². The Morgan fingerprint density at radius 3 is 2.45 bits per heavy atom. The molecule has 0 aromatic heterocycles. The lowest BCUT2D eigenvalue weighted by atomic mass is 10.1. The van der Waals surface area contributed by atoms with Crippen molar-refractivity contribution < 1.29 is 49.0 Å². The van der Waals surface area contributed by atoms with Crippen LogP contribution in [0.5, 0.6) is 5.75 Å². The first kappa shape index (κ1) is 25.1. The van der Waals surface area contributed by atoms with Crippen LogP contribution in [0.3, 0.4) is 0 Å². The maximum Gasteiger partial charge on any atom is 0.427 e. The smallest absolute Gasteiger partial charge is 0.427 e. The summed E-state index contributed by atoms with van der Waals surface area (Å²) < 4.78 is 111. The van der Waals surface area contributed by atoms with Crippen molar-refractivity contribution in [2.24, 2.45) is 10.9 Å². The lowest BCUT2D eigenvalue weighted by molar-refractivity contribution is -0.191. The molecule has 7 nitrogen and oxygen atoms in total. The number of carbonyl (C=O) groups is 1. The minimum Gasteiger partial charge on any atom is -0.480 e. The van der Waals surface area contributed by atoms with Crippen LogP contribution in [0.15, 0.2) is 28.1 Å². The van der Waals surface area contributed by atoms with Crippen molar-refractivity contribution in [3.63, 3.8) is 0 Å². The first-order valence-electron chi connectivity index (χ1n) is 9.72. The van der Waals surface area contributed by atoms with Gasteiger partial charge in [-0.15, -0.1) is 0 Å². The number of aliphatic imine (C=N–C) groups is 1. The van der Waals surface area contributed by atoms with Gasteiger partial charge >= 0.3 is 12.4 Å². The average Bonchev–Trinajstić information content (AvgIpc) is 3.35. The van der Waals surface area contributed by atoms with Crippen molar-refractivity contribution in [2.75, 3.05) is 25.9 Å². The number of hydrogen-bond acceptors (Lipinski definition) is 6. The summed E-state index contributed by atoms with van der Waals surface area (Å²) in [5, 5.41) is 0. The van der Waals surface area contributed by atoms with E-state index in [1.807, 2.05) is 0 Å². The molecule has 0 radical (unpaired) electrons. The third-order valence-corrected chi connectivity index (χ3v) is 6.35. The Labute approximate surface area is 185 Å². The highest BCUT2D eigenvalue weighted by Gasteiger charge is 2.47. The molecule has 0 N–H and O–H groups in total. The maximum absolute atomic E-state index is 13.1. The summed E-state index contributed by atoms with van der Waals surface area (Å²) in [5.41, 5.74) is -0.405. The standard InChI is InChI=1S/C19H20F6N2O5S/c1-10(18(20,21)22)31-14-4-3-12(33(2,29)30)7-13(14)17(28)27-6-5-11(9-27)16-26-8-15(32-16)19(23,24)25/h3-4,7,10-11,15H,5-6,8-9H2,1-2H3/t10-,11?,15?/m0/s1. The van der Waals surface area contributed by atoms with Crippen molar-refractivity contribution in [1.29, 1.82) is 0 Å². The zero-order valence-corrected chi connectivity index (χ0v) is 18.2. The van der Waals surface area contributed by atoms with Crippen LogP contribution in [0, 0.1) is 5.92 Å². The summed E-state index contributed by atoms with van der Waals surface area (Å²) >= 11 is 0. The van der Waals surface area contributed by atoms with E-state index in [-0.39, 0.29) is 30.3 Å². The normalized spacial score (nSPS) is 22.7. The van der Waals surface area contributed by atoms with Gasteiger partial charge in [-0.25, -0.2) is 8.42 Å². The molecule has 1 amide bonds. The summed E-state index contributed by atoms with van der Waals surface area (Å²) in [4.78, 5) is 17.7. The molecule has 0 spiro atoms. The van der Waals surface area contributed by atoms with Gasteiger partial charge in [0, 0.05) is 19.3 Å². The molecular weight excluding hydrogens is 482 g/mol. The zero-order chi connectivity index (χ0) is 24.8. The lowest BCUT2D eigenvalue weighted by Gasteiger charge is -2.22. The van der Waals surface area contributed by atoms with Gasteiger partial charge in [0.05, 0.1) is 22.9 Å². The largest absolute Gasteiger partial charge is 0.480 e. The molecule has 2 heterocycles. The Balaban J connectivity index is 1.82. The Bertz CT molecular complexity index is 1050. The molecule has 0 bridgehead atoms. The number of amides is 1. The highest BCUT2D eigenvalue weighted by Crippen LogP contribution is 2.33. The predicted octanol–water partition coefficient (Wildman–Crippen LogP) is 3.24. The van der Waals surface area contributed by atoms with Gasteiger partial charge < -0.3 is 14.4 Å². The zero-order valence-electron chi connectivity index (χ0n) is 17.4. The molecular formula is C19H20F6N2O5S. The van der Waals surface area contributed by atoms with E-state index in [2.05, 4.69) is 4.99 Å². The topological polar surface area (TPSA) is 85.3 Å². The molecule has 184 valence electrons. The fourth-order valence-electron chi connectivity index (χ4n) is 3.37. The van der Waals surface area contributed by atoms with Crippen molar-refractivity contribution in [2.45, 2.75) is 42.8 Å². The maximum atomic E-state index is 13.1. The minimum absolute atomic E-state index is 0.0555. The Hall–Kier alpha value is -2.51. The molecule has 33 heavy (non-hydrogen) atoms. The molecule has 3 atom stereocenters. The van der Waals surface area contributed by atoms with E-state index in [9.17, 15) is 39.6 Å². The molecule has 2 unspecified atom stereocenters. The van der Waals surface area contributed by atoms with Crippen LogP contribution >= 0.6 is 0 Å². The van der Waals surface area contributed by atoms with Crippen LogP contribution in [-0.2, 0) is 14.6 Å². The van der Waals surface area contributed by atoms with Gasteiger partial charge in [0.15, 0.2) is 21.8 Å². The van der Waals surface area contributed by atoms with E-state index in [0.717, 1.165) is 31.4 Å². The van der Waals surface area contributed by atoms with Crippen molar-refractivity contribution in [1.82, 2.24) is 4.90 Å². The third kappa shape index (κ3) is 5.71. The van der Waals surface area contributed by atoms with Crippen LogP contribution in [0.25, 0.3) is 0 Å². The molecule has 2 aliphatic heterocycles.